The van der Waals surface area contributed by atoms with Crippen LogP contribution in [0.4, 0.5) is 11.4 Å². The van der Waals surface area contributed by atoms with Gasteiger partial charge in [0.25, 0.3) is 10.0 Å². The Kier molecular flexibility index (Phi) is 6.82. The van der Waals surface area contributed by atoms with Crippen LogP contribution in [0.3, 0.4) is 0 Å². The second-order valence-electron chi connectivity index (χ2n) is 6.46. The van der Waals surface area contributed by atoms with Crippen LogP contribution in [0.2, 0.25) is 10.0 Å². The highest BCUT2D eigenvalue weighted by Crippen LogP contribution is 2.31. The van der Waals surface area contributed by atoms with Crippen LogP contribution in [0.5, 0.6) is 0 Å². The molecule has 0 spiro atoms. The number of anilines is 2. The predicted octanol–water partition coefficient (Wildman–Crippen LogP) is 5.75. The Morgan fingerprint density at radius 3 is 2.27 bits per heavy atom. The minimum atomic E-state index is -3.87. The van der Waals surface area contributed by atoms with Gasteiger partial charge in [-0.3, -0.25) is 9.52 Å². The quantitative estimate of drug-likeness (QED) is 0.459. The van der Waals surface area contributed by atoms with Crippen LogP contribution in [0.15, 0.2) is 77.7 Å². The second kappa shape index (κ2) is 9.34. The third-order valence-electron chi connectivity index (χ3n) is 4.13. The molecular formula is C22H18Cl2N2O3S. The fourth-order valence-corrected chi connectivity index (χ4v) is 4.01. The van der Waals surface area contributed by atoms with Gasteiger partial charge in [-0.05, 0) is 55.0 Å². The fourth-order valence-electron chi connectivity index (χ4n) is 2.54. The van der Waals surface area contributed by atoms with Gasteiger partial charge in [0.2, 0.25) is 5.91 Å². The zero-order chi connectivity index (χ0) is 21.7. The van der Waals surface area contributed by atoms with Crippen LogP contribution in [0, 0.1) is 6.92 Å². The summed E-state index contributed by atoms with van der Waals surface area (Å²) in [6, 6.07) is 18.2. The van der Waals surface area contributed by atoms with E-state index in [1.54, 1.807) is 18.2 Å². The summed E-state index contributed by atoms with van der Waals surface area (Å²) in [5.74, 6) is -0.324. The van der Waals surface area contributed by atoms with E-state index < -0.39 is 10.0 Å². The Balaban J connectivity index is 1.67. The molecule has 0 aliphatic carbocycles. The minimum absolute atomic E-state index is 0.0201. The van der Waals surface area contributed by atoms with Gasteiger partial charge in [0.1, 0.15) is 0 Å². The average molecular weight is 461 g/mol. The second-order valence-corrected chi connectivity index (χ2v) is 8.93. The zero-order valence-electron chi connectivity index (χ0n) is 15.9. The van der Waals surface area contributed by atoms with Crippen molar-refractivity contribution in [2.24, 2.45) is 0 Å². The molecule has 3 aromatic carbocycles. The minimum Gasteiger partial charge on any atom is -0.323 e. The van der Waals surface area contributed by atoms with Gasteiger partial charge in [0, 0.05) is 11.8 Å². The number of carbonyl (C=O) groups is 1. The van der Waals surface area contributed by atoms with Gasteiger partial charge in [-0.25, -0.2) is 8.42 Å². The molecule has 30 heavy (non-hydrogen) atoms. The highest BCUT2D eigenvalue weighted by atomic mass is 35.5. The van der Waals surface area contributed by atoms with Crippen molar-refractivity contribution >= 4 is 56.6 Å². The molecule has 5 nitrogen and oxygen atoms in total. The van der Waals surface area contributed by atoms with Crippen molar-refractivity contribution in [2.45, 2.75) is 11.8 Å². The topological polar surface area (TPSA) is 75.3 Å². The molecule has 0 saturated heterocycles. The Morgan fingerprint density at radius 1 is 0.933 bits per heavy atom. The molecule has 0 fully saturated rings. The van der Waals surface area contributed by atoms with Gasteiger partial charge in [0.15, 0.2) is 0 Å². The van der Waals surface area contributed by atoms with Gasteiger partial charge in [-0.15, -0.1) is 0 Å². The van der Waals surface area contributed by atoms with Crippen molar-refractivity contribution in [3.63, 3.8) is 0 Å². The van der Waals surface area contributed by atoms with Crippen molar-refractivity contribution in [1.29, 1.82) is 0 Å². The first-order chi connectivity index (χ1) is 14.2. The maximum atomic E-state index is 12.6. The summed E-state index contributed by atoms with van der Waals surface area (Å²) in [4.78, 5) is 12.1. The first-order valence-electron chi connectivity index (χ1n) is 8.87. The number of nitrogens with one attached hydrogen (secondary N) is 2. The van der Waals surface area contributed by atoms with Gasteiger partial charge in [0.05, 0.1) is 20.6 Å². The maximum absolute atomic E-state index is 12.6. The van der Waals surface area contributed by atoms with E-state index in [-0.39, 0.29) is 26.5 Å². The number of rotatable bonds is 6. The molecule has 0 bridgehead atoms. The molecule has 2 N–H and O–H groups in total. The Bertz CT molecular complexity index is 1190. The molecule has 0 atom stereocenters. The lowest BCUT2D eigenvalue weighted by atomic mass is 10.1. The SMILES string of the molecule is Cc1ccc(/C=C/C(=O)Nc2ccc(S(=O)(=O)Nc3cccc(Cl)c3Cl)cc2)cc1. The van der Waals surface area contributed by atoms with Gasteiger partial charge < -0.3 is 5.32 Å². The number of halogens is 2. The number of sulfonamides is 1. The zero-order valence-corrected chi connectivity index (χ0v) is 18.2. The number of hydrogen-bond acceptors (Lipinski definition) is 3. The molecule has 154 valence electrons. The lowest BCUT2D eigenvalue weighted by Gasteiger charge is -2.11. The van der Waals surface area contributed by atoms with E-state index in [2.05, 4.69) is 10.0 Å². The standard InChI is InChI=1S/C22H18Cl2N2O3S/c1-15-5-7-16(8-6-15)9-14-21(27)25-17-10-12-18(13-11-17)30(28,29)26-20-4-2-3-19(23)22(20)24/h2-14,26H,1H3,(H,25,27)/b14-9+. The third-order valence-corrected chi connectivity index (χ3v) is 6.33. The molecule has 3 aromatic rings. The van der Waals surface area contributed by atoms with Crippen molar-refractivity contribution in [3.05, 3.63) is 94.0 Å². The van der Waals surface area contributed by atoms with Crippen LogP contribution in [0.25, 0.3) is 6.08 Å². The van der Waals surface area contributed by atoms with E-state index in [0.29, 0.717) is 5.69 Å². The molecule has 0 unspecified atom stereocenters. The molecule has 0 radical (unpaired) electrons. The lowest BCUT2D eigenvalue weighted by Crippen LogP contribution is -2.13. The van der Waals surface area contributed by atoms with Crippen LogP contribution < -0.4 is 10.0 Å². The lowest BCUT2D eigenvalue weighted by molar-refractivity contribution is -0.111. The van der Waals surface area contributed by atoms with Crippen molar-refractivity contribution in [3.8, 4) is 0 Å². The van der Waals surface area contributed by atoms with Crippen molar-refractivity contribution in [1.82, 2.24) is 0 Å². The summed E-state index contributed by atoms with van der Waals surface area (Å²) < 4.78 is 27.5. The van der Waals surface area contributed by atoms with Crippen LogP contribution in [-0.2, 0) is 14.8 Å². The molecule has 3 rings (SSSR count). The number of amides is 1. The molecule has 1 amide bonds. The molecule has 0 aliphatic rings. The highest BCUT2D eigenvalue weighted by molar-refractivity contribution is 7.92. The average Bonchev–Trinajstić information content (AvgIpc) is 2.71. The number of hydrogen-bond donors (Lipinski definition) is 2. The van der Waals surface area contributed by atoms with Gasteiger partial charge in [-0.1, -0.05) is 59.1 Å². The third kappa shape index (κ3) is 5.63. The van der Waals surface area contributed by atoms with E-state index in [9.17, 15) is 13.2 Å². The first-order valence-corrected chi connectivity index (χ1v) is 11.1. The largest absolute Gasteiger partial charge is 0.323 e. The Labute approximate surface area is 185 Å². The Morgan fingerprint density at radius 2 is 1.60 bits per heavy atom. The number of carbonyl (C=O) groups excluding carboxylic acids is 1. The van der Waals surface area contributed by atoms with E-state index >= 15 is 0 Å². The molecule has 0 aliphatic heterocycles. The molecule has 0 aromatic heterocycles. The molecule has 0 saturated carbocycles. The van der Waals surface area contributed by atoms with E-state index in [4.69, 9.17) is 23.2 Å². The summed E-state index contributed by atoms with van der Waals surface area (Å²) in [6.45, 7) is 1.99. The van der Waals surface area contributed by atoms with Crippen molar-refractivity contribution in [2.75, 3.05) is 10.0 Å². The van der Waals surface area contributed by atoms with Crippen LogP contribution >= 0.6 is 23.2 Å². The molecule has 8 heteroatoms. The first kappa shape index (κ1) is 21.9. The summed E-state index contributed by atoms with van der Waals surface area (Å²) >= 11 is 12.0. The van der Waals surface area contributed by atoms with E-state index in [1.807, 2.05) is 31.2 Å². The number of benzene rings is 3. The van der Waals surface area contributed by atoms with Crippen molar-refractivity contribution < 1.29 is 13.2 Å². The summed E-state index contributed by atoms with van der Waals surface area (Å²) in [7, 11) is -3.87. The molecule has 0 heterocycles. The van der Waals surface area contributed by atoms with E-state index in [0.717, 1.165) is 11.1 Å². The summed E-state index contributed by atoms with van der Waals surface area (Å²) in [5, 5.41) is 3.05. The van der Waals surface area contributed by atoms with E-state index in [1.165, 1.54) is 36.4 Å². The highest BCUT2D eigenvalue weighted by Gasteiger charge is 2.16. The monoisotopic (exact) mass is 460 g/mol. The molecular weight excluding hydrogens is 443 g/mol. The maximum Gasteiger partial charge on any atom is 0.261 e. The van der Waals surface area contributed by atoms with Gasteiger partial charge >= 0.3 is 0 Å². The van der Waals surface area contributed by atoms with Crippen LogP contribution in [-0.4, -0.2) is 14.3 Å². The number of aryl methyl sites for hydroxylation is 1. The smallest absolute Gasteiger partial charge is 0.261 e. The Hall–Kier alpha value is -2.80. The summed E-state index contributed by atoms with van der Waals surface area (Å²) in [6.07, 6.45) is 3.12. The normalized spacial score (nSPS) is 11.4. The summed E-state index contributed by atoms with van der Waals surface area (Å²) in [5.41, 5.74) is 2.69. The fraction of sp³-hybridized carbons (Fsp3) is 0.0455. The van der Waals surface area contributed by atoms with Crippen LogP contribution in [0.1, 0.15) is 11.1 Å². The van der Waals surface area contributed by atoms with Gasteiger partial charge in [-0.2, -0.15) is 0 Å². The predicted molar refractivity (Wildman–Crippen MR) is 123 cm³/mol.